The summed E-state index contributed by atoms with van der Waals surface area (Å²) in [7, 11) is -3.40. The molecule has 152 valence electrons. The number of fused-ring (bicyclic) bond motifs is 1. The Bertz CT molecular complexity index is 1140. The Morgan fingerprint density at radius 3 is 2.38 bits per heavy atom. The number of carbonyl (C=O) groups is 2. The maximum absolute atomic E-state index is 12.7. The summed E-state index contributed by atoms with van der Waals surface area (Å²) in [5, 5.41) is 5.89. The highest BCUT2D eigenvalue weighted by atomic mass is 32.2. The van der Waals surface area contributed by atoms with Crippen molar-refractivity contribution in [2.45, 2.75) is 25.3 Å². The molecule has 7 nitrogen and oxygen atoms in total. The molecule has 1 atom stereocenters. The van der Waals surface area contributed by atoms with Gasteiger partial charge >= 0.3 is 0 Å². The maximum atomic E-state index is 12.7. The molecule has 0 aliphatic heterocycles. The van der Waals surface area contributed by atoms with Crippen molar-refractivity contribution in [3.05, 3.63) is 71.5 Å². The molecule has 2 N–H and O–H groups in total. The minimum Gasteiger partial charge on any atom is -0.451 e. The molecule has 0 bridgehead atoms. The summed E-state index contributed by atoms with van der Waals surface area (Å²) in [6, 6.07) is 15.4. The Kier molecular flexibility index (Phi) is 6.03. The first-order chi connectivity index (χ1) is 13.7. The SMILES string of the molecule is CC(NC(=O)c1oc2ccccc2c1CS(C)(=O)=O)C(=O)NCc1ccccc1. The molecule has 2 amide bonds. The van der Waals surface area contributed by atoms with Crippen LogP contribution in [0.2, 0.25) is 0 Å². The lowest BCUT2D eigenvalue weighted by Crippen LogP contribution is -2.44. The molecule has 8 heteroatoms. The zero-order valence-corrected chi connectivity index (χ0v) is 17.0. The first-order valence-corrected chi connectivity index (χ1v) is 11.1. The molecule has 0 saturated carbocycles. The summed E-state index contributed by atoms with van der Waals surface area (Å²) in [6.45, 7) is 1.89. The summed E-state index contributed by atoms with van der Waals surface area (Å²) in [5.41, 5.74) is 1.64. The Balaban J connectivity index is 1.75. The summed E-state index contributed by atoms with van der Waals surface area (Å²) in [4.78, 5) is 25.0. The molecular formula is C21H22N2O5S. The lowest BCUT2D eigenvalue weighted by Gasteiger charge is -2.14. The average Bonchev–Trinajstić information content (AvgIpc) is 3.04. The van der Waals surface area contributed by atoms with Crippen LogP contribution in [0.3, 0.4) is 0 Å². The number of carbonyl (C=O) groups excluding carboxylic acids is 2. The van der Waals surface area contributed by atoms with E-state index in [2.05, 4.69) is 10.6 Å². The number of para-hydroxylation sites is 1. The zero-order chi connectivity index (χ0) is 21.0. The van der Waals surface area contributed by atoms with Crippen LogP contribution in [-0.4, -0.2) is 32.5 Å². The number of furan rings is 1. The summed E-state index contributed by atoms with van der Waals surface area (Å²) in [6.07, 6.45) is 1.09. The van der Waals surface area contributed by atoms with Gasteiger partial charge in [-0.05, 0) is 18.6 Å². The first-order valence-electron chi connectivity index (χ1n) is 9.05. The van der Waals surface area contributed by atoms with Crippen molar-refractivity contribution in [2.24, 2.45) is 0 Å². The molecule has 3 rings (SSSR count). The Morgan fingerprint density at radius 2 is 1.69 bits per heavy atom. The van der Waals surface area contributed by atoms with E-state index in [9.17, 15) is 18.0 Å². The van der Waals surface area contributed by atoms with E-state index in [0.717, 1.165) is 11.8 Å². The summed E-state index contributed by atoms with van der Waals surface area (Å²) < 4.78 is 29.3. The van der Waals surface area contributed by atoms with Crippen LogP contribution < -0.4 is 10.6 Å². The van der Waals surface area contributed by atoms with Crippen molar-refractivity contribution in [1.29, 1.82) is 0 Å². The van der Waals surface area contributed by atoms with Gasteiger partial charge in [-0.3, -0.25) is 9.59 Å². The third kappa shape index (κ3) is 5.23. The Hall–Kier alpha value is -3.13. The van der Waals surface area contributed by atoms with E-state index >= 15 is 0 Å². The van der Waals surface area contributed by atoms with Gasteiger partial charge in [0.15, 0.2) is 15.6 Å². The molecule has 0 aliphatic rings. The third-order valence-corrected chi connectivity index (χ3v) is 5.17. The number of rotatable bonds is 7. The number of benzene rings is 2. The molecule has 2 aromatic carbocycles. The maximum Gasteiger partial charge on any atom is 0.288 e. The second-order valence-corrected chi connectivity index (χ2v) is 9.01. The summed E-state index contributed by atoms with van der Waals surface area (Å²) >= 11 is 0. The van der Waals surface area contributed by atoms with E-state index in [1.165, 1.54) is 0 Å². The monoisotopic (exact) mass is 414 g/mol. The average molecular weight is 414 g/mol. The van der Waals surface area contributed by atoms with Crippen LogP contribution >= 0.6 is 0 Å². The lowest BCUT2D eigenvalue weighted by molar-refractivity contribution is -0.122. The van der Waals surface area contributed by atoms with Crippen molar-refractivity contribution >= 4 is 32.6 Å². The van der Waals surface area contributed by atoms with Gasteiger partial charge in [-0.2, -0.15) is 0 Å². The highest BCUT2D eigenvalue weighted by Crippen LogP contribution is 2.27. The van der Waals surface area contributed by atoms with Gasteiger partial charge in [0.2, 0.25) is 5.91 Å². The molecule has 1 aromatic heterocycles. The topological polar surface area (TPSA) is 105 Å². The van der Waals surface area contributed by atoms with Crippen LogP contribution in [0.25, 0.3) is 11.0 Å². The van der Waals surface area contributed by atoms with E-state index in [1.807, 2.05) is 30.3 Å². The van der Waals surface area contributed by atoms with Crippen LogP contribution in [0.5, 0.6) is 0 Å². The van der Waals surface area contributed by atoms with Crippen LogP contribution in [0.15, 0.2) is 59.0 Å². The largest absolute Gasteiger partial charge is 0.451 e. The van der Waals surface area contributed by atoms with Crippen LogP contribution in [-0.2, 0) is 26.9 Å². The molecule has 1 heterocycles. The summed E-state index contributed by atoms with van der Waals surface area (Å²) in [5.74, 6) is -1.43. The molecule has 0 radical (unpaired) electrons. The lowest BCUT2D eigenvalue weighted by atomic mass is 10.1. The molecule has 0 aliphatic carbocycles. The number of nitrogens with one attached hydrogen (secondary N) is 2. The molecular weight excluding hydrogens is 392 g/mol. The van der Waals surface area contributed by atoms with Gasteiger partial charge in [-0.1, -0.05) is 48.5 Å². The van der Waals surface area contributed by atoms with Crippen LogP contribution in [0.4, 0.5) is 0 Å². The fraction of sp³-hybridized carbons (Fsp3) is 0.238. The minimum atomic E-state index is -3.40. The highest BCUT2D eigenvalue weighted by molar-refractivity contribution is 7.89. The number of hydrogen-bond donors (Lipinski definition) is 2. The normalized spacial score (nSPS) is 12.5. The van der Waals surface area contributed by atoms with Crippen molar-refractivity contribution in [3.63, 3.8) is 0 Å². The van der Waals surface area contributed by atoms with E-state index < -0.39 is 21.8 Å². The smallest absolute Gasteiger partial charge is 0.288 e. The molecule has 0 fully saturated rings. The standard InChI is InChI=1S/C21H22N2O5S/c1-14(20(24)22-12-15-8-4-3-5-9-15)23-21(25)19-17(13-29(2,26)27)16-10-6-7-11-18(16)28-19/h3-11,14H,12-13H2,1-2H3,(H,22,24)(H,23,25). The van der Waals surface area contributed by atoms with Gasteiger partial charge in [0.1, 0.15) is 11.6 Å². The van der Waals surface area contributed by atoms with Gasteiger partial charge < -0.3 is 15.1 Å². The highest BCUT2D eigenvalue weighted by Gasteiger charge is 2.25. The van der Waals surface area contributed by atoms with E-state index in [0.29, 0.717) is 17.5 Å². The number of hydrogen-bond acceptors (Lipinski definition) is 5. The second-order valence-electron chi connectivity index (χ2n) is 6.87. The van der Waals surface area contributed by atoms with E-state index in [4.69, 9.17) is 4.42 Å². The fourth-order valence-electron chi connectivity index (χ4n) is 2.95. The molecule has 0 spiro atoms. The van der Waals surface area contributed by atoms with Crippen molar-refractivity contribution in [2.75, 3.05) is 6.26 Å². The predicted molar refractivity (Wildman–Crippen MR) is 110 cm³/mol. The van der Waals surface area contributed by atoms with Crippen molar-refractivity contribution in [3.8, 4) is 0 Å². The van der Waals surface area contributed by atoms with Gasteiger partial charge in [-0.25, -0.2) is 8.42 Å². The minimum absolute atomic E-state index is 0.0978. The fourth-order valence-corrected chi connectivity index (χ4v) is 3.76. The van der Waals surface area contributed by atoms with E-state index in [1.54, 1.807) is 31.2 Å². The predicted octanol–water partition coefficient (Wildman–Crippen LogP) is 2.41. The van der Waals surface area contributed by atoms with E-state index in [-0.39, 0.29) is 23.0 Å². The number of amides is 2. The first kappa shape index (κ1) is 20.6. The molecule has 0 saturated heterocycles. The van der Waals surface area contributed by atoms with Gasteiger partial charge in [0, 0.05) is 23.8 Å². The zero-order valence-electron chi connectivity index (χ0n) is 16.1. The Labute approximate surface area is 169 Å². The number of sulfone groups is 1. The second kappa shape index (κ2) is 8.48. The third-order valence-electron chi connectivity index (χ3n) is 4.36. The quantitative estimate of drug-likeness (QED) is 0.618. The molecule has 29 heavy (non-hydrogen) atoms. The van der Waals surface area contributed by atoms with Crippen LogP contribution in [0, 0.1) is 0 Å². The van der Waals surface area contributed by atoms with Crippen LogP contribution in [0.1, 0.15) is 28.6 Å². The van der Waals surface area contributed by atoms with Gasteiger partial charge in [-0.15, -0.1) is 0 Å². The van der Waals surface area contributed by atoms with Crippen molar-refractivity contribution in [1.82, 2.24) is 10.6 Å². The van der Waals surface area contributed by atoms with Gasteiger partial charge in [0.25, 0.3) is 5.91 Å². The Morgan fingerprint density at radius 1 is 1.03 bits per heavy atom. The molecule has 1 unspecified atom stereocenters. The van der Waals surface area contributed by atoms with Gasteiger partial charge in [0.05, 0.1) is 5.75 Å². The van der Waals surface area contributed by atoms with Crippen molar-refractivity contribution < 1.29 is 22.4 Å². The molecule has 3 aromatic rings.